The van der Waals surface area contributed by atoms with Crippen molar-refractivity contribution in [2.75, 3.05) is 7.05 Å². The third-order valence-corrected chi connectivity index (χ3v) is 5.98. The largest absolute Gasteiger partial charge is 0.458 e. The van der Waals surface area contributed by atoms with E-state index in [2.05, 4.69) is 35.9 Å². The number of hydrogen-bond acceptors (Lipinski definition) is 4. The molecule has 1 saturated carbocycles. The van der Waals surface area contributed by atoms with Crippen LogP contribution in [0, 0.1) is 19.8 Å². The Balaban J connectivity index is 1.53. The molecule has 6 nitrogen and oxygen atoms in total. The summed E-state index contributed by atoms with van der Waals surface area (Å²) in [4.78, 5) is 34.5. The molecule has 0 unspecified atom stereocenters. The van der Waals surface area contributed by atoms with Gasteiger partial charge in [0.05, 0.1) is 29.9 Å². The van der Waals surface area contributed by atoms with Crippen molar-refractivity contribution in [3.63, 3.8) is 0 Å². The number of nitrogens with one attached hydrogen (secondary N) is 1. The van der Waals surface area contributed by atoms with Crippen LogP contribution in [0.1, 0.15) is 49.1 Å². The van der Waals surface area contributed by atoms with Crippen LogP contribution in [0.3, 0.4) is 0 Å². The van der Waals surface area contributed by atoms with E-state index in [9.17, 15) is 9.59 Å². The normalized spacial score (nSPS) is 21.5. The molecule has 138 valence electrons. The summed E-state index contributed by atoms with van der Waals surface area (Å²) in [6, 6.07) is 4.14. The summed E-state index contributed by atoms with van der Waals surface area (Å²) >= 11 is 0. The van der Waals surface area contributed by atoms with Gasteiger partial charge in [0.15, 0.2) is 0 Å². The summed E-state index contributed by atoms with van der Waals surface area (Å²) < 4.78 is 5.61. The molecule has 1 aliphatic carbocycles. The Kier molecular flexibility index (Phi) is 4.01. The minimum Gasteiger partial charge on any atom is -0.458 e. The monoisotopic (exact) mass is 355 g/mol. The molecule has 4 rings (SSSR count). The summed E-state index contributed by atoms with van der Waals surface area (Å²) in [7, 11) is 1.78. The SMILES string of the molecule is Cc1cc2nc(CN(C)C(=O)[C@H]3CC(=O)OC34CCCC4)[nH]c2cc1C. The highest BCUT2D eigenvalue weighted by Gasteiger charge is 2.54. The highest BCUT2D eigenvalue weighted by Crippen LogP contribution is 2.46. The van der Waals surface area contributed by atoms with Crippen molar-refractivity contribution in [3.05, 3.63) is 29.1 Å². The maximum atomic E-state index is 13.0. The zero-order valence-electron chi connectivity index (χ0n) is 15.6. The van der Waals surface area contributed by atoms with Crippen LogP contribution in [-0.4, -0.2) is 39.4 Å². The van der Waals surface area contributed by atoms with E-state index < -0.39 is 5.60 Å². The molecule has 0 bridgehead atoms. The number of aryl methyl sites for hydroxylation is 2. The van der Waals surface area contributed by atoms with Gasteiger partial charge in [0.2, 0.25) is 5.91 Å². The molecule has 1 aromatic carbocycles. The van der Waals surface area contributed by atoms with Gasteiger partial charge < -0.3 is 14.6 Å². The number of aromatic amines is 1. The first-order valence-electron chi connectivity index (χ1n) is 9.31. The predicted molar refractivity (Wildman–Crippen MR) is 97.4 cm³/mol. The van der Waals surface area contributed by atoms with Crippen LogP contribution in [0.25, 0.3) is 11.0 Å². The van der Waals surface area contributed by atoms with Gasteiger partial charge in [0.25, 0.3) is 0 Å². The highest BCUT2D eigenvalue weighted by molar-refractivity contribution is 5.88. The topological polar surface area (TPSA) is 75.3 Å². The summed E-state index contributed by atoms with van der Waals surface area (Å²) in [6.07, 6.45) is 3.83. The third kappa shape index (κ3) is 2.77. The van der Waals surface area contributed by atoms with Gasteiger partial charge in [-0.05, 0) is 62.8 Å². The second kappa shape index (κ2) is 6.11. The number of benzene rings is 1. The number of hydrogen-bond donors (Lipinski definition) is 1. The van der Waals surface area contributed by atoms with Crippen molar-refractivity contribution in [1.82, 2.24) is 14.9 Å². The number of esters is 1. The molecule has 1 atom stereocenters. The van der Waals surface area contributed by atoms with E-state index in [1.54, 1.807) is 11.9 Å². The van der Waals surface area contributed by atoms with Crippen molar-refractivity contribution in [2.45, 2.75) is 58.1 Å². The van der Waals surface area contributed by atoms with E-state index in [4.69, 9.17) is 4.74 Å². The smallest absolute Gasteiger partial charge is 0.307 e. The first-order valence-corrected chi connectivity index (χ1v) is 9.31. The van der Waals surface area contributed by atoms with Crippen LogP contribution in [0.5, 0.6) is 0 Å². The molecule has 2 fully saturated rings. The summed E-state index contributed by atoms with van der Waals surface area (Å²) in [5, 5.41) is 0. The van der Waals surface area contributed by atoms with Gasteiger partial charge in [-0.25, -0.2) is 4.98 Å². The number of nitrogens with zero attached hydrogens (tertiary/aromatic N) is 2. The fourth-order valence-corrected chi connectivity index (χ4v) is 4.39. The lowest BCUT2D eigenvalue weighted by Crippen LogP contribution is -2.43. The van der Waals surface area contributed by atoms with E-state index in [1.165, 1.54) is 11.1 Å². The first kappa shape index (κ1) is 17.1. The van der Waals surface area contributed by atoms with Gasteiger partial charge in [0, 0.05) is 7.05 Å². The van der Waals surface area contributed by atoms with Crippen LogP contribution in [-0.2, 0) is 20.9 Å². The molecule has 1 spiro atoms. The fourth-order valence-electron chi connectivity index (χ4n) is 4.39. The molecule has 0 radical (unpaired) electrons. The lowest BCUT2D eigenvalue weighted by molar-refractivity contribution is -0.151. The maximum Gasteiger partial charge on any atom is 0.307 e. The molecule has 2 heterocycles. The van der Waals surface area contributed by atoms with Crippen LogP contribution in [0.4, 0.5) is 0 Å². The number of aromatic nitrogens is 2. The number of carbonyl (C=O) groups is 2. The molecule has 6 heteroatoms. The lowest BCUT2D eigenvalue weighted by atomic mass is 9.84. The number of H-pyrrole nitrogens is 1. The van der Waals surface area contributed by atoms with Gasteiger partial charge in [-0.1, -0.05) is 0 Å². The van der Waals surface area contributed by atoms with Crippen LogP contribution < -0.4 is 0 Å². The van der Waals surface area contributed by atoms with Gasteiger partial charge in [-0.3, -0.25) is 9.59 Å². The number of rotatable bonds is 3. The Labute approximate surface area is 152 Å². The number of imidazole rings is 1. The first-order chi connectivity index (χ1) is 12.4. The predicted octanol–water partition coefficient (Wildman–Crippen LogP) is 3.01. The Hall–Kier alpha value is -2.37. The van der Waals surface area contributed by atoms with Gasteiger partial charge in [0.1, 0.15) is 11.4 Å². The summed E-state index contributed by atoms with van der Waals surface area (Å²) in [6.45, 7) is 4.53. The maximum absolute atomic E-state index is 13.0. The van der Waals surface area contributed by atoms with Gasteiger partial charge in [-0.15, -0.1) is 0 Å². The highest BCUT2D eigenvalue weighted by atomic mass is 16.6. The average Bonchev–Trinajstić information content (AvgIpc) is 3.27. The van der Waals surface area contributed by atoms with E-state index >= 15 is 0 Å². The minimum absolute atomic E-state index is 0.0226. The van der Waals surface area contributed by atoms with Crippen molar-refractivity contribution in [2.24, 2.45) is 5.92 Å². The third-order valence-electron chi connectivity index (χ3n) is 5.98. The van der Waals surface area contributed by atoms with Crippen molar-refractivity contribution in [3.8, 4) is 0 Å². The Morgan fingerprint density at radius 3 is 2.73 bits per heavy atom. The van der Waals surface area contributed by atoms with Crippen LogP contribution in [0.2, 0.25) is 0 Å². The molecule has 1 amide bonds. The number of amides is 1. The zero-order chi connectivity index (χ0) is 18.5. The van der Waals surface area contributed by atoms with Gasteiger partial charge in [-0.2, -0.15) is 0 Å². The second-order valence-corrected chi connectivity index (χ2v) is 7.83. The number of ether oxygens (including phenoxy) is 1. The quantitative estimate of drug-likeness (QED) is 0.859. The van der Waals surface area contributed by atoms with Crippen LogP contribution >= 0.6 is 0 Å². The summed E-state index contributed by atoms with van der Waals surface area (Å²) in [5.74, 6) is 0.127. The molecule has 26 heavy (non-hydrogen) atoms. The standard InChI is InChI=1S/C20H25N3O3/c1-12-8-15-16(9-13(12)2)22-17(21-15)11-23(3)19(25)14-10-18(24)26-20(14)6-4-5-7-20/h8-9,14H,4-7,10-11H2,1-3H3,(H,21,22)/t14-/m1/s1. The molecule has 1 aliphatic heterocycles. The van der Waals surface area contributed by atoms with Crippen molar-refractivity contribution in [1.29, 1.82) is 0 Å². The zero-order valence-corrected chi connectivity index (χ0v) is 15.6. The molecular weight excluding hydrogens is 330 g/mol. The van der Waals surface area contributed by atoms with E-state index in [0.29, 0.717) is 6.54 Å². The van der Waals surface area contributed by atoms with Crippen molar-refractivity contribution >= 4 is 22.9 Å². The van der Waals surface area contributed by atoms with E-state index in [1.807, 2.05) is 0 Å². The van der Waals surface area contributed by atoms with Crippen molar-refractivity contribution < 1.29 is 14.3 Å². The number of carbonyl (C=O) groups excluding carboxylic acids is 2. The Bertz CT molecular complexity index is 841. The average molecular weight is 355 g/mol. The molecule has 1 saturated heterocycles. The van der Waals surface area contributed by atoms with E-state index in [-0.39, 0.29) is 24.2 Å². The molecule has 2 aromatic rings. The van der Waals surface area contributed by atoms with Crippen LogP contribution in [0.15, 0.2) is 12.1 Å². The lowest BCUT2D eigenvalue weighted by Gasteiger charge is -2.30. The van der Waals surface area contributed by atoms with Gasteiger partial charge >= 0.3 is 5.97 Å². The molecule has 1 N–H and O–H groups in total. The molecule has 2 aliphatic rings. The summed E-state index contributed by atoms with van der Waals surface area (Å²) in [5.41, 5.74) is 3.74. The Morgan fingerprint density at radius 2 is 2.00 bits per heavy atom. The number of fused-ring (bicyclic) bond motifs is 1. The fraction of sp³-hybridized carbons (Fsp3) is 0.550. The second-order valence-electron chi connectivity index (χ2n) is 7.83. The van der Waals surface area contributed by atoms with E-state index in [0.717, 1.165) is 42.5 Å². The molecule has 1 aromatic heterocycles. The minimum atomic E-state index is -0.565. The molecular formula is C20H25N3O3. The Morgan fingerprint density at radius 1 is 1.31 bits per heavy atom.